The van der Waals surface area contributed by atoms with Gasteiger partial charge in [0.25, 0.3) is 5.22 Å². The van der Waals surface area contributed by atoms with Crippen molar-refractivity contribution in [3.8, 4) is 0 Å². The fourth-order valence-electron chi connectivity index (χ4n) is 1.07. The second kappa shape index (κ2) is 4.96. The van der Waals surface area contributed by atoms with E-state index in [1.54, 1.807) is 6.26 Å². The first kappa shape index (κ1) is 11.6. The topological polar surface area (TPSA) is 78.1 Å². The highest BCUT2D eigenvalue weighted by molar-refractivity contribution is 7.99. The van der Waals surface area contributed by atoms with E-state index in [4.69, 9.17) is 4.42 Å². The lowest BCUT2D eigenvalue weighted by Crippen LogP contribution is -2.05. The number of ether oxygens (including phenoxy) is 1. The molecule has 0 aromatic carbocycles. The summed E-state index contributed by atoms with van der Waals surface area (Å²) in [7, 11) is 1.29. The van der Waals surface area contributed by atoms with Crippen LogP contribution in [0.2, 0.25) is 0 Å². The zero-order chi connectivity index (χ0) is 12.3. The molecule has 0 fully saturated rings. The van der Waals surface area contributed by atoms with Gasteiger partial charge in [0.15, 0.2) is 5.69 Å². The van der Waals surface area contributed by atoms with Gasteiger partial charge in [-0.25, -0.2) is 14.8 Å². The van der Waals surface area contributed by atoms with E-state index >= 15 is 0 Å². The van der Waals surface area contributed by atoms with Crippen LogP contribution in [0, 0.1) is 6.92 Å². The molecule has 0 aliphatic carbocycles. The van der Waals surface area contributed by atoms with Gasteiger partial charge in [0.2, 0.25) is 0 Å². The quantitative estimate of drug-likeness (QED) is 0.768. The second-order valence-electron chi connectivity index (χ2n) is 3.09. The van der Waals surface area contributed by atoms with Crippen molar-refractivity contribution in [2.45, 2.75) is 17.2 Å². The molecule has 88 valence electrons. The SMILES string of the molecule is COC(=O)c1cncc(Sc2nc(C)co2)n1. The molecule has 2 aromatic heterocycles. The number of aryl methyl sites for hydroxylation is 1. The largest absolute Gasteiger partial charge is 0.464 e. The number of oxazole rings is 1. The number of hydrogen-bond donors (Lipinski definition) is 0. The van der Waals surface area contributed by atoms with Gasteiger partial charge in [-0.05, 0) is 18.7 Å². The van der Waals surface area contributed by atoms with Crippen molar-refractivity contribution in [1.82, 2.24) is 15.0 Å². The molecule has 0 atom stereocenters. The van der Waals surface area contributed by atoms with Crippen molar-refractivity contribution >= 4 is 17.7 Å². The number of esters is 1. The highest BCUT2D eigenvalue weighted by Gasteiger charge is 2.11. The van der Waals surface area contributed by atoms with Crippen LogP contribution in [0.25, 0.3) is 0 Å². The number of carbonyl (C=O) groups is 1. The van der Waals surface area contributed by atoms with Crippen LogP contribution in [0.5, 0.6) is 0 Å². The average molecular weight is 251 g/mol. The molecule has 0 aliphatic heterocycles. The molecule has 0 bridgehead atoms. The van der Waals surface area contributed by atoms with E-state index in [0.29, 0.717) is 10.2 Å². The summed E-state index contributed by atoms with van der Waals surface area (Å²) in [5.74, 6) is -0.525. The Morgan fingerprint density at radius 1 is 1.41 bits per heavy atom. The molecule has 2 rings (SSSR count). The second-order valence-corrected chi connectivity index (χ2v) is 4.06. The van der Waals surface area contributed by atoms with Crippen molar-refractivity contribution in [2.24, 2.45) is 0 Å². The third-order valence-electron chi connectivity index (χ3n) is 1.80. The predicted octanol–water partition coefficient (Wildman–Crippen LogP) is 1.71. The van der Waals surface area contributed by atoms with Crippen molar-refractivity contribution in [3.63, 3.8) is 0 Å². The minimum absolute atomic E-state index is 0.153. The van der Waals surface area contributed by atoms with Crippen molar-refractivity contribution < 1.29 is 13.9 Å². The fraction of sp³-hybridized carbons (Fsp3) is 0.200. The minimum Gasteiger partial charge on any atom is -0.464 e. The lowest BCUT2D eigenvalue weighted by atomic mass is 10.5. The maximum Gasteiger partial charge on any atom is 0.358 e. The first-order chi connectivity index (χ1) is 8.19. The van der Waals surface area contributed by atoms with Crippen molar-refractivity contribution in [2.75, 3.05) is 7.11 Å². The van der Waals surface area contributed by atoms with E-state index in [9.17, 15) is 4.79 Å². The monoisotopic (exact) mass is 251 g/mol. The van der Waals surface area contributed by atoms with Crippen LogP contribution in [-0.2, 0) is 4.74 Å². The fourth-order valence-corrected chi connectivity index (χ4v) is 1.79. The van der Waals surface area contributed by atoms with Gasteiger partial charge in [0.1, 0.15) is 11.3 Å². The summed E-state index contributed by atoms with van der Waals surface area (Å²) in [6, 6.07) is 0. The van der Waals surface area contributed by atoms with Gasteiger partial charge < -0.3 is 9.15 Å². The van der Waals surface area contributed by atoms with Crippen molar-refractivity contribution in [1.29, 1.82) is 0 Å². The summed E-state index contributed by atoms with van der Waals surface area (Å²) in [6.45, 7) is 1.82. The lowest BCUT2D eigenvalue weighted by Gasteiger charge is -1.99. The molecule has 0 aliphatic rings. The molecule has 0 saturated carbocycles. The third-order valence-corrected chi connectivity index (χ3v) is 2.56. The maximum atomic E-state index is 11.2. The standard InChI is InChI=1S/C10H9N3O3S/c1-6-5-16-10(12-6)17-8-4-11-3-7(13-8)9(14)15-2/h3-5H,1-2H3. The van der Waals surface area contributed by atoms with E-state index in [-0.39, 0.29) is 5.69 Å². The molecule has 0 saturated heterocycles. The van der Waals surface area contributed by atoms with Crippen LogP contribution in [0.15, 0.2) is 33.3 Å². The van der Waals surface area contributed by atoms with Gasteiger partial charge in [-0.3, -0.25) is 4.98 Å². The first-order valence-corrected chi connectivity index (χ1v) is 5.51. The summed E-state index contributed by atoms with van der Waals surface area (Å²) < 4.78 is 9.72. The Bertz CT molecular complexity index is 541. The molecule has 17 heavy (non-hydrogen) atoms. The van der Waals surface area contributed by atoms with Crippen LogP contribution < -0.4 is 0 Å². The number of carbonyl (C=O) groups excluding carboxylic acids is 1. The Kier molecular flexibility index (Phi) is 3.38. The third kappa shape index (κ3) is 2.82. The molecule has 0 spiro atoms. The zero-order valence-electron chi connectivity index (χ0n) is 9.21. The number of nitrogens with zero attached hydrogens (tertiary/aromatic N) is 3. The minimum atomic E-state index is -0.525. The number of rotatable bonds is 3. The predicted molar refractivity (Wildman–Crippen MR) is 58.7 cm³/mol. The van der Waals surface area contributed by atoms with Gasteiger partial charge in [0, 0.05) is 0 Å². The first-order valence-electron chi connectivity index (χ1n) is 4.69. The molecular formula is C10H9N3O3S. The van der Waals surface area contributed by atoms with E-state index in [1.807, 2.05) is 6.92 Å². The summed E-state index contributed by atoms with van der Waals surface area (Å²) in [4.78, 5) is 23.3. The molecule has 6 nitrogen and oxygen atoms in total. The number of aromatic nitrogens is 3. The average Bonchev–Trinajstić information content (AvgIpc) is 2.74. The molecule has 0 radical (unpaired) electrons. The van der Waals surface area contributed by atoms with Gasteiger partial charge in [-0.15, -0.1) is 0 Å². The Morgan fingerprint density at radius 2 is 2.24 bits per heavy atom. The molecule has 0 amide bonds. The number of hydrogen-bond acceptors (Lipinski definition) is 7. The maximum absolute atomic E-state index is 11.2. The summed E-state index contributed by atoms with van der Waals surface area (Å²) in [5.41, 5.74) is 0.936. The van der Waals surface area contributed by atoms with Crippen LogP contribution in [0.4, 0.5) is 0 Å². The molecule has 2 aromatic rings. The van der Waals surface area contributed by atoms with E-state index in [2.05, 4.69) is 19.7 Å². The van der Waals surface area contributed by atoms with Crippen LogP contribution in [0.1, 0.15) is 16.2 Å². The molecular weight excluding hydrogens is 242 g/mol. The highest BCUT2D eigenvalue weighted by Crippen LogP contribution is 2.24. The summed E-state index contributed by atoms with van der Waals surface area (Å²) in [6.07, 6.45) is 4.41. The van der Waals surface area contributed by atoms with Crippen molar-refractivity contribution in [3.05, 3.63) is 30.0 Å². The Labute approximate surface area is 101 Å². The van der Waals surface area contributed by atoms with E-state index < -0.39 is 5.97 Å². The Balaban J connectivity index is 2.19. The van der Waals surface area contributed by atoms with E-state index in [0.717, 1.165) is 5.69 Å². The number of methoxy groups -OCH3 is 1. The molecule has 2 heterocycles. The van der Waals surface area contributed by atoms with Crippen LogP contribution in [-0.4, -0.2) is 28.0 Å². The van der Waals surface area contributed by atoms with Crippen LogP contribution >= 0.6 is 11.8 Å². The van der Waals surface area contributed by atoms with Gasteiger partial charge in [-0.1, -0.05) is 0 Å². The highest BCUT2D eigenvalue weighted by atomic mass is 32.2. The normalized spacial score (nSPS) is 10.2. The van der Waals surface area contributed by atoms with E-state index in [1.165, 1.54) is 31.3 Å². The van der Waals surface area contributed by atoms with Crippen LogP contribution in [0.3, 0.4) is 0 Å². The molecule has 0 unspecified atom stereocenters. The lowest BCUT2D eigenvalue weighted by molar-refractivity contribution is 0.0592. The summed E-state index contributed by atoms with van der Waals surface area (Å²) in [5, 5.41) is 0.980. The zero-order valence-corrected chi connectivity index (χ0v) is 10.0. The smallest absolute Gasteiger partial charge is 0.358 e. The Hall–Kier alpha value is -1.89. The van der Waals surface area contributed by atoms with Gasteiger partial charge >= 0.3 is 5.97 Å². The van der Waals surface area contributed by atoms with Gasteiger partial charge in [0.05, 0.1) is 25.2 Å². The van der Waals surface area contributed by atoms with Gasteiger partial charge in [-0.2, -0.15) is 0 Å². The Morgan fingerprint density at radius 3 is 2.88 bits per heavy atom. The molecule has 7 heteroatoms. The summed E-state index contributed by atoms with van der Waals surface area (Å²) >= 11 is 1.19. The molecule has 0 N–H and O–H groups in total.